The number of para-hydroxylation sites is 1. The predicted molar refractivity (Wildman–Crippen MR) is 149 cm³/mol. The Morgan fingerprint density at radius 3 is 2.74 bits per heavy atom. The van der Waals surface area contributed by atoms with Crippen molar-refractivity contribution in [2.24, 2.45) is 0 Å². The Balaban J connectivity index is 1.43. The maximum absolute atomic E-state index is 13.7. The minimum atomic E-state index is -0.363. The summed E-state index contributed by atoms with van der Waals surface area (Å²) in [5, 5.41) is 9.21. The molecule has 10 heteroatoms. The van der Waals surface area contributed by atoms with E-state index in [0.717, 1.165) is 32.2 Å². The normalized spacial score (nSPS) is 12.2. The van der Waals surface area contributed by atoms with Crippen molar-refractivity contribution in [3.63, 3.8) is 0 Å². The van der Waals surface area contributed by atoms with E-state index in [4.69, 9.17) is 9.84 Å². The monoisotopic (exact) mass is 523 g/mol. The minimum absolute atomic E-state index is 0.124. The first-order valence-corrected chi connectivity index (χ1v) is 12.9. The van der Waals surface area contributed by atoms with E-state index in [9.17, 15) is 4.79 Å². The molecule has 0 spiro atoms. The molecule has 2 N–H and O–H groups in total. The molecule has 4 heterocycles. The van der Waals surface area contributed by atoms with Crippen molar-refractivity contribution < 1.29 is 4.74 Å². The highest BCUT2D eigenvalue weighted by atomic mass is 32.2. The number of aryl methyl sites for hydroxylation is 1. The lowest BCUT2D eigenvalue weighted by molar-refractivity contribution is 0.413. The number of rotatable bonds is 7. The van der Waals surface area contributed by atoms with E-state index >= 15 is 0 Å². The van der Waals surface area contributed by atoms with Gasteiger partial charge in [-0.25, -0.2) is 14.5 Å². The minimum Gasteiger partial charge on any atom is -0.497 e. The number of nitrogens with zero attached hydrogens (tertiary/aromatic N) is 5. The molecule has 0 fully saturated rings. The number of ether oxygens (including phenoxy) is 1. The summed E-state index contributed by atoms with van der Waals surface area (Å²) in [5.41, 5.74) is 2.77. The molecule has 0 bridgehead atoms. The fraction of sp³-hybridized carbons (Fsp3) is 0.143. The van der Waals surface area contributed by atoms with Crippen LogP contribution in [0.1, 0.15) is 24.4 Å². The van der Waals surface area contributed by atoms with E-state index in [1.54, 1.807) is 28.0 Å². The molecule has 0 radical (unpaired) electrons. The van der Waals surface area contributed by atoms with Gasteiger partial charge < -0.3 is 15.0 Å². The van der Waals surface area contributed by atoms with Crippen molar-refractivity contribution in [3.8, 4) is 11.4 Å². The quantitative estimate of drug-likeness (QED) is 0.289. The number of aromatic nitrogens is 6. The van der Waals surface area contributed by atoms with Gasteiger partial charge in [0, 0.05) is 22.2 Å². The second-order valence-corrected chi connectivity index (χ2v) is 9.99. The molecule has 190 valence electrons. The first-order valence-electron chi connectivity index (χ1n) is 12.1. The molecule has 0 saturated heterocycles. The zero-order valence-corrected chi connectivity index (χ0v) is 21.9. The van der Waals surface area contributed by atoms with Crippen molar-refractivity contribution in [1.29, 1.82) is 0 Å². The standard InChI is InChI=1S/C28H25N7O2S/c1-17-12-13-34-24(17)28(36)35(19-8-5-4-6-9-19)27(33-34)18(2)32-26-23-22(15-29-25(23)30-16-31-26)38-21-11-7-10-20(14-21)37-3/h4-16,18H,1-3H3,(H2,29,30,31,32). The van der Waals surface area contributed by atoms with Gasteiger partial charge in [-0.05, 0) is 55.8 Å². The lowest BCUT2D eigenvalue weighted by atomic mass is 10.2. The van der Waals surface area contributed by atoms with Crippen LogP contribution >= 0.6 is 11.8 Å². The van der Waals surface area contributed by atoms with Gasteiger partial charge in [0.15, 0.2) is 5.82 Å². The topological polar surface area (TPSA) is 102 Å². The fourth-order valence-electron chi connectivity index (χ4n) is 4.52. The first kappa shape index (κ1) is 23.8. The third kappa shape index (κ3) is 4.18. The molecular formula is C28H25N7O2S. The average molecular weight is 524 g/mol. The number of anilines is 1. The maximum atomic E-state index is 13.7. The molecule has 1 atom stereocenters. The molecule has 1 unspecified atom stereocenters. The van der Waals surface area contributed by atoms with Gasteiger partial charge in [-0.2, -0.15) is 5.10 Å². The summed E-state index contributed by atoms with van der Waals surface area (Å²) in [7, 11) is 1.65. The van der Waals surface area contributed by atoms with Crippen molar-refractivity contribution >= 4 is 34.1 Å². The number of aromatic amines is 1. The van der Waals surface area contributed by atoms with Crippen LogP contribution in [0.3, 0.4) is 0 Å². The molecule has 9 nitrogen and oxygen atoms in total. The summed E-state index contributed by atoms with van der Waals surface area (Å²) >= 11 is 1.59. The van der Waals surface area contributed by atoms with Gasteiger partial charge >= 0.3 is 0 Å². The lowest BCUT2D eigenvalue weighted by Gasteiger charge is -2.20. The summed E-state index contributed by atoms with van der Waals surface area (Å²) in [6, 6.07) is 19.0. The van der Waals surface area contributed by atoms with Crippen molar-refractivity contribution in [2.45, 2.75) is 29.7 Å². The summed E-state index contributed by atoms with van der Waals surface area (Å²) in [5.74, 6) is 2.00. The highest BCUT2D eigenvalue weighted by Gasteiger charge is 2.21. The molecule has 0 aliphatic carbocycles. The largest absolute Gasteiger partial charge is 0.497 e. The van der Waals surface area contributed by atoms with Gasteiger partial charge in [-0.15, -0.1) is 0 Å². The number of methoxy groups -OCH3 is 1. The van der Waals surface area contributed by atoms with Crippen LogP contribution in [0.5, 0.6) is 5.75 Å². The third-order valence-electron chi connectivity index (χ3n) is 6.37. The molecule has 4 aromatic heterocycles. The van der Waals surface area contributed by atoms with Gasteiger partial charge in [-0.3, -0.25) is 9.36 Å². The molecular weight excluding hydrogens is 498 g/mol. The Hall–Kier alpha value is -4.57. The Bertz CT molecular complexity index is 1820. The van der Waals surface area contributed by atoms with E-state index in [-0.39, 0.29) is 11.6 Å². The predicted octanol–water partition coefficient (Wildman–Crippen LogP) is 5.40. The fourth-order valence-corrected chi connectivity index (χ4v) is 5.51. The Morgan fingerprint density at radius 2 is 1.92 bits per heavy atom. The number of hydrogen-bond donors (Lipinski definition) is 2. The van der Waals surface area contributed by atoms with Crippen LogP contribution in [0.25, 0.3) is 22.2 Å². The van der Waals surface area contributed by atoms with E-state index in [1.807, 2.05) is 86.9 Å². The van der Waals surface area contributed by atoms with Crippen LogP contribution in [-0.4, -0.2) is 36.2 Å². The summed E-state index contributed by atoms with van der Waals surface area (Å²) in [6.07, 6.45) is 5.26. The molecule has 6 rings (SSSR count). The molecule has 0 amide bonds. The number of H-pyrrole nitrogens is 1. The summed E-state index contributed by atoms with van der Waals surface area (Å²) in [4.78, 5) is 27.9. The smallest absolute Gasteiger partial charge is 0.282 e. The first-order chi connectivity index (χ1) is 18.5. The Morgan fingerprint density at radius 1 is 1.08 bits per heavy atom. The van der Waals surface area contributed by atoms with Gasteiger partial charge in [-0.1, -0.05) is 36.0 Å². The highest BCUT2D eigenvalue weighted by Crippen LogP contribution is 2.37. The van der Waals surface area contributed by atoms with Crippen LogP contribution in [0.4, 0.5) is 5.82 Å². The van der Waals surface area contributed by atoms with Crippen LogP contribution < -0.4 is 15.6 Å². The maximum Gasteiger partial charge on any atom is 0.282 e. The van der Waals surface area contributed by atoms with Gasteiger partial charge in [0.1, 0.15) is 29.1 Å². The molecule has 0 saturated carbocycles. The molecule has 2 aromatic carbocycles. The Labute approximate surface area is 222 Å². The van der Waals surface area contributed by atoms with E-state index in [0.29, 0.717) is 22.8 Å². The summed E-state index contributed by atoms with van der Waals surface area (Å²) in [6.45, 7) is 3.89. The summed E-state index contributed by atoms with van der Waals surface area (Å²) < 4.78 is 8.70. The average Bonchev–Trinajstić information content (AvgIpc) is 3.53. The van der Waals surface area contributed by atoms with Gasteiger partial charge in [0.05, 0.1) is 24.2 Å². The number of nitrogens with one attached hydrogen (secondary N) is 2. The van der Waals surface area contributed by atoms with Crippen LogP contribution in [-0.2, 0) is 0 Å². The van der Waals surface area contributed by atoms with Gasteiger partial charge in [0.2, 0.25) is 0 Å². The van der Waals surface area contributed by atoms with Crippen molar-refractivity contribution in [3.05, 3.63) is 101 Å². The van der Waals surface area contributed by atoms with Crippen LogP contribution in [0.2, 0.25) is 0 Å². The Kier molecular flexibility index (Phi) is 6.09. The second-order valence-electron chi connectivity index (χ2n) is 8.87. The molecule has 0 aliphatic rings. The zero-order valence-electron chi connectivity index (χ0n) is 21.0. The van der Waals surface area contributed by atoms with Crippen molar-refractivity contribution in [1.82, 2.24) is 29.1 Å². The van der Waals surface area contributed by atoms with Crippen molar-refractivity contribution in [2.75, 3.05) is 12.4 Å². The highest BCUT2D eigenvalue weighted by molar-refractivity contribution is 7.99. The van der Waals surface area contributed by atoms with Crippen LogP contribution in [0.15, 0.2) is 94.0 Å². The van der Waals surface area contributed by atoms with Crippen LogP contribution in [0, 0.1) is 6.92 Å². The number of fused-ring (bicyclic) bond motifs is 2. The molecule has 38 heavy (non-hydrogen) atoms. The van der Waals surface area contributed by atoms with E-state index < -0.39 is 0 Å². The molecule has 0 aliphatic heterocycles. The number of benzene rings is 2. The van der Waals surface area contributed by atoms with E-state index in [1.165, 1.54) is 6.33 Å². The zero-order chi connectivity index (χ0) is 26.2. The second kappa shape index (κ2) is 9.71. The number of hydrogen-bond acceptors (Lipinski definition) is 7. The molecule has 6 aromatic rings. The lowest BCUT2D eigenvalue weighted by Crippen LogP contribution is -2.29. The van der Waals surface area contributed by atoms with E-state index in [2.05, 4.69) is 20.3 Å². The van der Waals surface area contributed by atoms with Gasteiger partial charge in [0.25, 0.3) is 5.56 Å². The SMILES string of the molecule is COc1cccc(Sc2c[nH]c3ncnc(NC(C)c4nn5ccc(C)c5c(=O)n4-c4ccccc4)c23)c1. The third-order valence-corrected chi connectivity index (χ3v) is 7.40.